The van der Waals surface area contributed by atoms with Gasteiger partial charge in [-0.3, -0.25) is 9.59 Å². The molecule has 0 aliphatic rings. The summed E-state index contributed by atoms with van der Waals surface area (Å²) in [7, 11) is 0. The fourth-order valence-electron chi connectivity index (χ4n) is 1.43. The summed E-state index contributed by atoms with van der Waals surface area (Å²) in [4.78, 5) is 23.1. The highest BCUT2D eigenvalue weighted by atomic mass is 35.5. The third-order valence-corrected chi connectivity index (χ3v) is 3.29. The van der Waals surface area contributed by atoms with Crippen LogP contribution in [0.15, 0.2) is 23.1 Å². The summed E-state index contributed by atoms with van der Waals surface area (Å²) in [5.74, 6) is -0.938. The van der Waals surface area contributed by atoms with E-state index in [1.54, 1.807) is 18.2 Å². The van der Waals surface area contributed by atoms with Crippen LogP contribution >= 0.6 is 23.4 Å². The molecule has 5 heteroatoms. The van der Waals surface area contributed by atoms with Gasteiger partial charge in [-0.15, -0.1) is 11.8 Å². The monoisotopic (exact) mass is 272 g/mol. The first kappa shape index (κ1) is 14.1. The first-order valence-electron chi connectivity index (χ1n) is 5.13. The topological polar surface area (TPSA) is 54.4 Å². The molecule has 0 saturated carbocycles. The van der Waals surface area contributed by atoms with Gasteiger partial charge in [0.25, 0.3) is 0 Å². The molecule has 0 saturated heterocycles. The van der Waals surface area contributed by atoms with E-state index < -0.39 is 5.97 Å². The van der Waals surface area contributed by atoms with Gasteiger partial charge in [-0.05, 0) is 30.9 Å². The van der Waals surface area contributed by atoms with Gasteiger partial charge in [0.2, 0.25) is 0 Å². The molecular formula is C12H13ClO3S. The standard InChI is InChI=1S/C12H13ClO3S/c1-17-11-6-5-8(13)7-9(11)10(14)3-2-4-12(15)16/h5-7H,2-4H2,1H3,(H,15,16). The molecule has 0 heterocycles. The van der Waals surface area contributed by atoms with Crippen molar-refractivity contribution in [2.75, 3.05) is 6.26 Å². The molecule has 0 bridgehead atoms. The second-order valence-corrected chi connectivity index (χ2v) is 4.80. The van der Waals surface area contributed by atoms with Gasteiger partial charge >= 0.3 is 5.97 Å². The van der Waals surface area contributed by atoms with Gasteiger partial charge in [-0.2, -0.15) is 0 Å². The minimum atomic E-state index is -0.881. The number of halogens is 1. The molecule has 1 aromatic rings. The van der Waals surface area contributed by atoms with Gasteiger partial charge in [0.1, 0.15) is 0 Å². The molecule has 1 N–H and O–H groups in total. The van der Waals surface area contributed by atoms with Crippen LogP contribution in [0, 0.1) is 0 Å². The maximum Gasteiger partial charge on any atom is 0.303 e. The van der Waals surface area contributed by atoms with Crippen molar-refractivity contribution >= 4 is 35.1 Å². The van der Waals surface area contributed by atoms with Crippen LogP contribution in [0.5, 0.6) is 0 Å². The maximum absolute atomic E-state index is 11.9. The molecule has 1 rings (SSSR count). The Balaban J connectivity index is 2.73. The van der Waals surface area contributed by atoms with Crippen molar-refractivity contribution in [1.29, 1.82) is 0 Å². The molecule has 0 amide bonds. The number of hydrogen-bond acceptors (Lipinski definition) is 3. The second-order valence-electron chi connectivity index (χ2n) is 3.52. The normalized spacial score (nSPS) is 10.2. The van der Waals surface area contributed by atoms with E-state index in [0.717, 1.165) is 4.90 Å². The summed E-state index contributed by atoms with van der Waals surface area (Å²) in [6.07, 6.45) is 2.49. The van der Waals surface area contributed by atoms with Gasteiger partial charge < -0.3 is 5.11 Å². The van der Waals surface area contributed by atoms with Crippen molar-refractivity contribution in [3.05, 3.63) is 28.8 Å². The zero-order valence-corrected chi connectivity index (χ0v) is 11.0. The fourth-order valence-corrected chi connectivity index (χ4v) is 2.20. The van der Waals surface area contributed by atoms with Crippen molar-refractivity contribution in [1.82, 2.24) is 0 Å². The number of carbonyl (C=O) groups is 2. The summed E-state index contributed by atoms with van der Waals surface area (Å²) in [5, 5.41) is 9.02. The van der Waals surface area contributed by atoms with E-state index in [1.165, 1.54) is 11.8 Å². The van der Waals surface area contributed by atoms with Crippen molar-refractivity contribution in [3.63, 3.8) is 0 Å². The van der Waals surface area contributed by atoms with Crippen molar-refractivity contribution in [2.24, 2.45) is 0 Å². The van der Waals surface area contributed by atoms with Crippen LogP contribution in [0.2, 0.25) is 5.02 Å². The van der Waals surface area contributed by atoms with Crippen LogP contribution in [0.4, 0.5) is 0 Å². The van der Waals surface area contributed by atoms with E-state index in [9.17, 15) is 9.59 Å². The van der Waals surface area contributed by atoms with Gasteiger partial charge in [0.15, 0.2) is 5.78 Å². The first-order valence-corrected chi connectivity index (χ1v) is 6.73. The number of thioether (sulfide) groups is 1. The fraction of sp³-hybridized carbons (Fsp3) is 0.333. The predicted molar refractivity (Wildman–Crippen MR) is 69.1 cm³/mol. The van der Waals surface area contributed by atoms with Crippen molar-refractivity contribution < 1.29 is 14.7 Å². The first-order chi connectivity index (χ1) is 8.04. The molecule has 0 unspecified atom stereocenters. The Morgan fingerprint density at radius 1 is 1.35 bits per heavy atom. The third kappa shape index (κ3) is 4.40. The molecule has 92 valence electrons. The number of carboxylic acid groups (broad SMARTS) is 1. The maximum atomic E-state index is 11.9. The Hall–Kier alpha value is -1.00. The van der Waals surface area contributed by atoms with E-state index in [2.05, 4.69) is 0 Å². The highest BCUT2D eigenvalue weighted by Gasteiger charge is 2.12. The Bertz CT molecular complexity index is 432. The number of carboxylic acids is 1. The summed E-state index contributed by atoms with van der Waals surface area (Å²) >= 11 is 7.32. The van der Waals surface area contributed by atoms with Crippen LogP contribution in [0.3, 0.4) is 0 Å². The third-order valence-electron chi connectivity index (χ3n) is 2.26. The molecule has 0 aliphatic heterocycles. The lowest BCUT2D eigenvalue weighted by atomic mass is 10.1. The zero-order valence-electron chi connectivity index (χ0n) is 9.40. The largest absolute Gasteiger partial charge is 0.481 e. The van der Waals surface area contributed by atoms with Crippen LogP contribution in [0.1, 0.15) is 29.6 Å². The van der Waals surface area contributed by atoms with E-state index in [1.807, 2.05) is 6.26 Å². The average molecular weight is 273 g/mol. The highest BCUT2D eigenvalue weighted by Crippen LogP contribution is 2.25. The quantitative estimate of drug-likeness (QED) is 0.636. The summed E-state index contributed by atoms with van der Waals surface area (Å²) < 4.78 is 0. The van der Waals surface area contributed by atoms with Gasteiger partial charge in [0, 0.05) is 28.3 Å². The number of ketones is 1. The highest BCUT2D eigenvalue weighted by molar-refractivity contribution is 7.98. The second kappa shape index (κ2) is 6.67. The van der Waals surface area contributed by atoms with E-state index in [4.69, 9.17) is 16.7 Å². The lowest BCUT2D eigenvalue weighted by molar-refractivity contribution is -0.137. The Morgan fingerprint density at radius 3 is 2.65 bits per heavy atom. The number of carbonyl (C=O) groups excluding carboxylic acids is 1. The van der Waals surface area contributed by atoms with Gasteiger partial charge in [-0.1, -0.05) is 11.6 Å². The van der Waals surface area contributed by atoms with Crippen molar-refractivity contribution in [3.8, 4) is 0 Å². The number of benzene rings is 1. The van der Waals surface area contributed by atoms with E-state index >= 15 is 0 Å². The van der Waals surface area contributed by atoms with Crippen LogP contribution in [-0.4, -0.2) is 23.1 Å². The smallest absolute Gasteiger partial charge is 0.303 e. The minimum Gasteiger partial charge on any atom is -0.481 e. The Morgan fingerprint density at radius 2 is 2.06 bits per heavy atom. The molecular weight excluding hydrogens is 260 g/mol. The lowest BCUT2D eigenvalue weighted by Crippen LogP contribution is -2.03. The van der Waals surface area contributed by atoms with E-state index in [0.29, 0.717) is 17.0 Å². The SMILES string of the molecule is CSc1ccc(Cl)cc1C(=O)CCCC(=O)O. The van der Waals surface area contributed by atoms with Crippen molar-refractivity contribution in [2.45, 2.75) is 24.2 Å². The van der Waals surface area contributed by atoms with Crippen LogP contribution in [-0.2, 0) is 4.79 Å². The van der Waals surface area contributed by atoms with Gasteiger partial charge in [0.05, 0.1) is 0 Å². The summed E-state index contributed by atoms with van der Waals surface area (Å²) in [6.45, 7) is 0. The lowest BCUT2D eigenvalue weighted by Gasteiger charge is -2.06. The number of aliphatic carboxylic acids is 1. The molecule has 17 heavy (non-hydrogen) atoms. The molecule has 0 aromatic heterocycles. The molecule has 0 spiro atoms. The molecule has 0 aliphatic carbocycles. The molecule has 0 fully saturated rings. The minimum absolute atomic E-state index is 0.0148. The van der Waals surface area contributed by atoms with Crippen LogP contribution < -0.4 is 0 Å². The number of hydrogen-bond donors (Lipinski definition) is 1. The molecule has 3 nitrogen and oxygen atoms in total. The molecule has 0 radical (unpaired) electrons. The summed E-state index contributed by atoms with van der Waals surface area (Å²) in [5.41, 5.74) is 0.579. The van der Waals surface area contributed by atoms with Gasteiger partial charge in [-0.25, -0.2) is 0 Å². The zero-order chi connectivity index (χ0) is 12.8. The van der Waals surface area contributed by atoms with E-state index in [-0.39, 0.29) is 18.6 Å². The number of Topliss-reactive ketones (excluding diaryl/α,β-unsaturated/α-hetero) is 1. The van der Waals surface area contributed by atoms with Crippen LogP contribution in [0.25, 0.3) is 0 Å². The molecule has 1 aromatic carbocycles. The number of rotatable bonds is 6. The predicted octanol–water partition coefficient (Wildman–Crippen LogP) is 3.50. The Labute approximate surface area is 109 Å². The summed E-state index contributed by atoms with van der Waals surface area (Å²) in [6, 6.07) is 5.18. The Kier molecular flexibility index (Phi) is 5.51. The molecule has 0 atom stereocenters. The average Bonchev–Trinajstić information content (AvgIpc) is 2.28.